The van der Waals surface area contributed by atoms with Crippen molar-refractivity contribution in [3.8, 4) is 5.75 Å². The molecule has 0 N–H and O–H groups in total. The molecule has 6 nitrogen and oxygen atoms in total. The maximum absolute atomic E-state index is 12.0. The number of benzene rings is 1. The largest absolute Gasteiger partial charge is 0.495 e. The minimum atomic E-state index is -0.506. The Morgan fingerprint density at radius 2 is 2.30 bits per heavy atom. The third-order valence-corrected chi connectivity index (χ3v) is 3.84. The Labute approximate surface area is 124 Å². The summed E-state index contributed by atoms with van der Waals surface area (Å²) < 4.78 is 5.62. The summed E-state index contributed by atoms with van der Waals surface area (Å²) >= 11 is 3.21. The van der Waals surface area contributed by atoms with Gasteiger partial charge in [-0.15, -0.1) is 6.58 Å². The molecule has 1 saturated heterocycles. The number of nitrogens with zero attached hydrogens (tertiary/aromatic N) is 2. The summed E-state index contributed by atoms with van der Waals surface area (Å²) in [6.07, 6.45) is 2.01. The lowest BCUT2D eigenvalue weighted by atomic mass is 10.1. The second-order valence-electron chi connectivity index (χ2n) is 4.44. The van der Waals surface area contributed by atoms with Crippen molar-refractivity contribution in [3.05, 3.63) is 39.4 Å². The van der Waals surface area contributed by atoms with Gasteiger partial charge in [-0.25, -0.2) is 0 Å². The monoisotopic (exact) mass is 340 g/mol. The van der Waals surface area contributed by atoms with Gasteiger partial charge in [0.1, 0.15) is 11.4 Å². The van der Waals surface area contributed by atoms with Crippen molar-refractivity contribution in [1.29, 1.82) is 0 Å². The molecule has 0 aromatic heterocycles. The van der Waals surface area contributed by atoms with Crippen LogP contribution >= 0.6 is 15.9 Å². The van der Waals surface area contributed by atoms with Gasteiger partial charge in [0.25, 0.3) is 5.69 Å². The molecule has 0 saturated carbocycles. The number of halogens is 1. The smallest absolute Gasteiger partial charge is 0.294 e. The van der Waals surface area contributed by atoms with Gasteiger partial charge < -0.3 is 9.64 Å². The quantitative estimate of drug-likeness (QED) is 0.480. The molecule has 1 amide bonds. The molecule has 20 heavy (non-hydrogen) atoms. The summed E-state index contributed by atoms with van der Waals surface area (Å²) in [5, 5.41) is 11.2. The second kappa shape index (κ2) is 5.62. The first-order chi connectivity index (χ1) is 9.47. The Kier molecular flexibility index (Phi) is 4.08. The number of carbonyl (C=O) groups excluding carboxylic acids is 1. The van der Waals surface area contributed by atoms with Gasteiger partial charge in [0, 0.05) is 31.0 Å². The van der Waals surface area contributed by atoms with Crippen LogP contribution in [0.1, 0.15) is 6.42 Å². The van der Waals surface area contributed by atoms with Gasteiger partial charge in [-0.3, -0.25) is 14.9 Å². The average Bonchev–Trinajstić information content (AvgIpc) is 2.79. The van der Waals surface area contributed by atoms with Gasteiger partial charge in [0.2, 0.25) is 5.91 Å². The summed E-state index contributed by atoms with van der Waals surface area (Å²) in [5.41, 5.74) is 0.125. The van der Waals surface area contributed by atoms with E-state index in [0.29, 0.717) is 23.2 Å². The van der Waals surface area contributed by atoms with E-state index in [0.717, 1.165) is 0 Å². The zero-order chi connectivity index (χ0) is 14.9. The summed E-state index contributed by atoms with van der Waals surface area (Å²) in [6.45, 7) is 4.06. The maximum atomic E-state index is 12.0. The predicted octanol–water partition coefficient (Wildman–Crippen LogP) is 2.90. The standard InChI is InChI=1S/C13H13BrN2O4/c1-3-8-4-13(17)15(7-8)10-6-12(20-2)9(14)5-11(10)16(18)19/h3,5-6,8H,1,4,7H2,2H3. The molecule has 1 aliphatic rings. The van der Waals surface area contributed by atoms with Crippen LogP contribution in [-0.4, -0.2) is 24.5 Å². The first kappa shape index (κ1) is 14.5. The lowest BCUT2D eigenvalue weighted by molar-refractivity contribution is -0.384. The number of nitro groups is 1. The van der Waals surface area contributed by atoms with E-state index in [1.807, 2.05) is 0 Å². The summed E-state index contributed by atoms with van der Waals surface area (Å²) in [5.74, 6) is 0.305. The molecular weight excluding hydrogens is 328 g/mol. The van der Waals surface area contributed by atoms with E-state index in [1.165, 1.54) is 24.1 Å². The van der Waals surface area contributed by atoms with E-state index >= 15 is 0 Å². The lowest BCUT2D eigenvalue weighted by Gasteiger charge is -2.17. The summed E-state index contributed by atoms with van der Waals surface area (Å²) in [7, 11) is 1.47. The normalized spacial score (nSPS) is 18.2. The van der Waals surface area contributed by atoms with Gasteiger partial charge in [-0.05, 0) is 15.9 Å². The van der Waals surface area contributed by atoms with Crippen molar-refractivity contribution in [3.63, 3.8) is 0 Å². The van der Waals surface area contributed by atoms with Crippen LogP contribution in [-0.2, 0) is 4.79 Å². The molecule has 0 radical (unpaired) electrons. The highest BCUT2D eigenvalue weighted by Gasteiger charge is 2.33. The number of hydrogen-bond acceptors (Lipinski definition) is 4. The van der Waals surface area contributed by atoms with Gasteiger partial charge in [-0.2, -0.15) is 0 Å². The molecule has 2 rings (SSSR count). The van der Waals surface area contributed by atoms with Crippen molar-refractivity contribution < 1.29 is 14.5 Å². The van der Waals surface area contributed by atoms with Crippen LogP contribution in [0.25, 0.3) is 0 Å². The van der Waals surface area contributed by atoms with Crippen LogP contribution in [0.15, 0.2) is 29.3 Å². The van der Waals surface area contributed by atoms with Crippen molar-refractivity contribution in [2.45, 2.75) is 6.42 Å². The van der Waals surface area contributed by atoms with Crippen LogP contribution in [0.2, 0.25) is 0 Å². The van der Waals surface area contributed by atoms with E-state index in [4.69, 9.17) is 4.74 Å². The van der Waals surface area contributed by atoms with Gasteiger partial charge in [0.05, 0.1) is 16.5 Å². The zero-order valence-corrected chi connectivity index (χ0v) is 12.4. The number of anilines is 1. The predicted molar refractivity (Wildman–Crippen MR) is 78.0 cm³/mol. The molecule has 0 bridgehead atoms. The second-order valence-corrected chi connectivity index (χ2v) is 5.29. The van der Waals surface area contributed by atoms with E-state index in [-0.39, 0.29) is 23.2 Å². The van der Waals surface area contributed by atoms with Crippen molar-refractivity contribution in [2.75, 3.05) is 18.6 Å². The van der Waals surface area contributed by atoms with E-state index in [2.05, 4.69) is 22.5 Å². The SMILES string of the molecule is C=CC1CC(=O)N(c2cc(OC)c(Br)cc2[N+](=O)[O-])C1. The molecule has 1 aromatic carbocycles. The number of carbonyl (C=O) groups is 1. The van der Waals surface area contributed by atoms with Crippen LogP contribution < -0.4 is 9.64 Å². The first-order valence-electron chi connectivity index (χ1n) is 5.92. The third-order valence-electron chi connectivity index (χ3n) is 3.22. The van der Waals surface area contributed by atoms with Crippen LogP contribution in [0, 0.1) is 16.0 Å². The van der Waals surface area contributed by atoms with E-state index in [1.54, 1.807) is 6.08 Å². The highest BCUT2D eigenvalue weighted by molar-refractivity contribution is 9.10. The summed E-state index contributed by atoms with van der Waals surface area (Å²) in [6, 6.07) is 2.86. The fraction of sp³-hybridized carbons (Fsp3) is 0.308. The van der Waals surface area contributed by atoms with Crippen LogP contribution in [0.3, 0.4) is 0 Å². The zero-order valence-electron chi connectivity index (χ0n) is 10.8. The van der Waals surface area contributed by atoms with Crippen molar-refractivity contribution in [2.24, 2.45) is 5.92 Å². The third kappa shape index (κ3) is 2.53. The maximum Gasteiger partial charge on any atom is 0.294 e. The molecule has 106 valence electrons. The number of ether oxygens (including phenoxy) is 1. The first-order valence-corrected chi connectivity index (χ1v) is 6.72. The number of nitro benzene ring substituents is 1. The molecule has 1 aliphatic heterocycles. The Balaban J connectivity index is 2.51. The lowest BCUT2D eigenvalue weighted by Crippen LogP contribution is -2.25. The fourth-order valence-electron chi connectivity index (χ4n) is 2.18. The Morgan fingerprint density at radius 1 is 1.60 bits per heavy atom. The van der Waals surface area contributed by atoms with Gasteiger partial charge in [0.15, 0.2) is 0 Å². The molecule has 7 heteroatoms. The molecule has 1 heterocycles. The van der Waals surface area contributed by atoms with E-state index in [9.17, 15) is 14.9 Å². The highest BCUT2D eigenvalue weighted by atomic mass is 79.9. The molecule has 1 unspecified atom stereocenters. The fourth-order valence-corrected chi connectivity index (χ4v) is 2.67. The minimum Gasteiger partial charge on any atom is -0.495 e. The number of rotatable bonds is 4. The van der Waals surface area contributed by atoms with Crippen molar-refractivity contribution in [1.82, 2.24) is 0 Å². The van der Waals surface area contributed by atoms with E-state index < -0.39 is 4.92 Å². The minimum absolute atomic E-state index is 0.0109. The van der Waals surface area contributed by atoms with Crippen LogP contribution in [0.5, 0.6) is 5.75 Å². The Bertz CT molecular complexity index is 588. The summed E-state index contributed by atoms with van der Waals surface area (Å²) in [4.78, 5) is 24.1. The molecule has 0 spiro atoms. The topological polar surface area (TPSA) is 72.7 Å². The van der Waals surface area contributed by atoms with Gasteiger partial charge in [-0.1, -0.05) is 6.08 Å². The molecule has 0 aliphatic carbocycles. The number of methoxy groups -OCH3 is 1. The average molecular weight is 341 g/mol. The highest BCUT2D eigenvalue weighted by Crippen LogP contribution is 2.40. The number of hydrogen-bond donors (Lipinski definition) is 0. The Morgan fingerprint density at radius 3 is 2.80 bits per heavy atom. The molecule has 1 atom stereocenters. The molecular formula is C13H13BrN2O4. The number of amides is 1. The molecule has 1 fully saturated rings. The Hall–Kier alpha value is -1.89. The van der Waals surface area contributed by atoms with Crippen LogP contribution in [0.4, 0.5) is 11.4 Å². The van der Waals surface area contributed by atoms with Crippen molar-refractivity contribution >= 4 is 33.2 Å². The van der Waals surface area contributed by atoms with Gasteiger partial charge >= 0.3 is 0 Å². The molecule has 1 aromatic rings.